The zero-order valence-corrected chi connectivity index (χ0v) is 9.36. The van der Waals surface area contributed by atoms with Crippen molar-refractivity contribution in [2.24, 2.45) is 0 Å². The summed E-state index contributed by atoms with van der Waals surface area (Å²) in [4.78, 5) is 10.0. The van der Waals surface area contributed by atoms with Crippen molar-refractivity contribution in [1.82, 2.24) is 10.2 Å². The lowest BCUT2D eigenvalue weighted by molar-refractivity contribution is -0.384. The molecule has 1 aromatic carbocycles. The minimum atomic E-state index is -0.611. The van der Waals surface area contributed by atoms with Gasteiger partial charge in [0.25, 0.3) is 0 Å². The fourth-order valence-electron chi connectivity index (χ4n) is 1.31. The molecule has 0 bridgehead atoms. The Kier molecular flexibility index (Phi) is 2.69. The largest absolute Gasteiger partial charge is 0.314 e. The van der Waals surface area contributed by atoms with Crippen molar-refractivity contribution in [3.63, 3.8) is 0 Å². The first-order valence-electron chi connectivity index (χ1n) is 4.23. The third-order valence-corrected chi connectivity index (χ3v) is 2.51. The Morgan fingerprint density at radius 1 is 1.50 bits per heavy atom. The smallest absolute Gasteiger partial charge is 0.271 e. The van der Waals surface area contributed by atoms with E-state index in [2.05, 4.69) is 26.1 Å². The predicted molar refractivity (Wildman–Crippen MR) is 58.3 cm³/mol. The SMILES string of the molecule is O=[N+]([O-])c1cn[nH]c1-c1ccc(Br)cc1F. The van der Waals surface area contributed by atoms with Crippen molar-refractivity contribution in [2.45, 2.75) is 0 Å². The van der Waals surface area contributed by atoms with E-state index in [1.165, 1.54) is 12.1 Å². The van der Waals surface area contributed by atoms with Crippen LogP contribution < -0.4 is 0 Å². The monoisotopic (exact) mass is 285 g/mol. The van der Waals surface area contributed by atoms with Gasteiger partial charge in [-0.2, -0.15) is 5.10 Å². The second-order valence-electron chi connectivity index (χ2n) is 3.01. The van der Waals surface area contributed by atoms with Gasteiger partial charge in [0.2, 0.25) is 0 Å². The summed E-state index contributed by atoms with van der Waals surface area (Å²) in [6.07, 6.45) is 1.05. The number of rotatable bonds is 2. The van der Waals surface area contributed by atoms with Crippen LogP contribution in [0.2, 0.25) is 0 Å². The van der Waals surface area contributed by atoms with E-state index >= 15 is 0 Å². The summed E-state index contributed by atoms with van der Waals surface area (Å²) in [5, 5.41) is 16.6. The Hall–Kier alpha value is -1.76. The number of aromatic nitrogens is 2. The minimum absolute atomic E-state index is 0.0648. The fraction of sp³-hybridized carbons (Fsp3) is 0. The molecular weight excluding hydrogens is 281 g/mol. The van der Waals surface area contributed by atoms with Crippen molar-refractivity contribution in [3.05, 3.63) is 44.8 Å². The van der Waals surface area contributed by atoms with Gasteiger partial charge in [-0.05, 0) is 18.2 Å². The lowest BCUT2D eigenvalue weighted by Crippen LogP contribution is -1.91. The highest BCUT2D eigenvalue weighted by Gasteiger charge is 2.20. The number of nitrogens with one attached hydrogen (secondary N) is 1. The van der Waals surface area contributed by atoms with Crippen molar-refractivity contribution in [3.8, 4) is 11.3 Å². The molecule has 16 heavy (non-hydrogen) atoms. The molecule has 0 aliphatic carbocycles. The number of halogens is 2. The molecule has 7 heteroatoms. The van der Waals surface area contributed by atoms with Gasteiger partial charge in [0.15, 0.2) is 0 Å². The third-order valence-electron chi connectivity index (χ3n) is 2.02. The van der Waals surface area contributed by atoms with E-state index in [0.717, 1.165) is 6.20 Å². The van der Waals surface area contributed by atoms with Gasteiger partial charge in [-0.1, -0.05) is 15.9 Å². The number of nitro groups is 1. The number of benzene rings is 1. The van der Waals surface area contributed by atoms with Crippen LogP contribution in [0.5, 0.6) is 0 Å². The molecule has 0 atom stereocenters. The van der Waals surface area contributed by atoms with Crippen LogP contribution in [0.3, 0.4) is 0 Å². The Morgan fingerprint density at radius 3 is 2.88 bits per heavy atom. The van der Waals surface area contributed by atoms with Crippen molar-refractivity contribution in [2.75, 3.05) is 0 Å². The molecule has 2 aromatic rings. The molecule has 0 unspecified atom stereocenters. The molecular formula is C9H5BrFN3O2. The number of hydrogen-bond acceptors (Lipinski definition) is 3. The third kappa shape index (κ3) is 1.81. The van der Waals surface area contributed by atoms with Gasteiger partial charge in [-0.15, -0.1) is 0 Å². The van der Waals surface area contributed by atoms with Gasteiger partial charge in [-0.25, -0.2) is 4.39 Å². The predicted octanol–water partition coefficient (Wildman–Crippen LogP) is 2.89. The summed E-state index contributed by atoms with van der Waals surface area (Å²) in [7, 11) is 0. The van der Waals surface area contributed by atoms with Gasteiger partial charge in [-0.3, -0.25) is 15.2 Å². The van der Waals surface area contributed by atoms with Crippen LogP contribution in [0, 0.1) is 15.9 Å². The molecule has 0 radical (unpaired) electrons. The maximum Gasteiger partial charge on any atom is 0.314 e. The highest BCUT2D eigenvalue weighted by molar-refractivity contribution is 9.10. The lowest BCUT2D eigenvalue weighted by atomic mass is 10.1. The van der Waals surface area contributed by atoms with E-state index in [9.17, 15) is 14.5 Å². The van der Waals surface area contributed by atoms with Crippen LogP contribution in [0.15, 0.2) is 28.9 Å². The summed E-state index contributed by atoms with van der Waals surface area (Å²) in [6, 6.07) is 4.28. The number of aromatic amines is 1. The summed E-state index contributed by atoms with van der Waals surface area (Å²) >= 11 is 3.11. The maximum absolute atomic E-state index is 13.6. The molecule has 2 rings (SSSR count). The first-order chi connectivity index (χ1) is 7.59. The van der Waals surface area contributed by atoms with Gasteiger partial charge in [0.05, 0.1) is 4.92 Å². The van der Waals surface area contributed by atoms with Crippen LogP contribution in [0.4, 0.5) is 10.1 Å². The number of nitrogens with zero attached hydrogens (tertiary/aromatic N) is 2. The van der Waals surface area contributed by atoms with E-state index < -0.39 is 10.7 Å². The molecule has 1 N–H and O–H groups in total. The van der Waals surface area contributed by atoms with Gasteiger partial charge >= 0.3 is 5.69 Å². The molecule has 82 valence electrons. The second-order valence-corrected chi connectivity index (χ2v) is 3.93. The highest BCUT2D eigenvalue weighted by Crippen LogP contribution is 2.30. The van der Waals surface area contributed by atoms with Crippen LogP contribution in [-0.4, -0.2) is 15.1 Å². The summed E-state index contributed by atoms with van der Waals surface area (Å²) in [6.45, 7) is 0. The molecule has 0 amide bonds. The van der Waals surface area contributed by atoms with Gasteiger partial charge in [0, 0.05) is 10.0 Å². The molecule has 0 spiro atoms. The zero-order valence-electron chi connectivity index (χ0n) is 7.78. The van der Waals surface area contributed by atoms with Crippen molar-refractivity contribution < 1.29 is 9.31 Å². The normalized spacial score (nSPS) is 10.4. The quantitative estimate of drug-likeness (QED) is 0.681. The van der Waals surface area contributed by atoms with Crippen molar-refractivity contribution in [1.29, 1.82) is 0 Å². The molecule has 1 heterocycles. The zero-order chi connectivity index (χ0) is 11.7. The molecule has 1 aromatic heterocycles. The van der Waals surface area contributed by atoms with E-state index in [1.54, 1.807) is 6.07 Å². The summed E-state index contributed by atoms with van der Waals surface area (Å²) in [5.41, 5.74) is -0.0661. The molecule has 0 saturated heterocycles. The average Bonchev–Trinajstić information content (AvgIpc) is 2.66. The minimum Gasteiger partial charge on any atom is -0.271 e. The van der Waals surface area contributed by atoms with E-state index in [4.69, 9.17) is 0 Å². The Morgan fingerprint density at radius 2 is 2.25 bits per heavy atom. The lowest BCUT2D eigenvalue weighted by Gasteiger charge is -2.00. The van der Waals surface area contributed by atoms with E-state index in [-0.39, 0.29) is 16.9 Å². The Bertz CT molecular complexity index is 555. The Balaban J connectivity index is 2.59. The summed E-state index contributed by atoms with van der Waals surface area (Å²) in [5.74, 6) is -0.554. The number of hydrogen-bond donors (Lipinski definition) is 1. The van der Waals surface area contributed by atoms with Crippen molar-refractivity contribution >= 4 is 21.6 Å². The molecule has 5 nitrogen and oxygen atoms in total. The van der Waals surface area contributed by atoms with Gasteiger partial charge < -0.3 is 0 Å². The molecule has 0 aliphatic rings. The van der Waals surface area contributed by atoms with E-state index in [0.29, 0.717) is 4.47 Å². The highest BCUT2D eigenvalue weighted by atomic mass is 79.9. The fourth-order valence-corrected chi connectivity index (χ4v) is 1.64. The molecule has 0 saturated carbocycles. The molecule has 0 fully saturated rings. The van der Waals surface area contributed by atoms with Crippen LogP contribution in [-0.2, 0) is 0 Å². The van der Waals surface area contributed by atoms with E-state index in [1.807, 2.05) is 0 Å². The second kappa shape index (κ2) is 4.01. The van der Waals surface area contributed by atoms with Crippen LogP contribution in [0.25, 0.3) is 11.3 Å². The average molecular weight is 286 g/mol. The topological polar surface area (TPSA) is 71.8 Å². The van der Waals surface area contributed by atoms with Crippen LogP contribution in [0.1, 0.15) is 0 Å². The molecule has 0 aliphatic heterocycles. The summed E-state index contributed by atoms with van der Waals surface area (Å²) < 4.78 is 14.1. The maximum atomic E-state index is 13.6. The standard InChI is InChI=1S/C9H5BrFN3O2/c10-5-1-2-6(7(11)3-5)9-8(14(15)16)4-12-13-9/h1-4H,(H,12,13). The first kappa shape index (κ1) is 10.7. The van der Waals surface area contributed by atoms with Gasteiger partial charge in [0.1, 0.15) is 17.7 Å². The number of H-pyrrole nitrogens is 1. The van der Waals surface area contributed by atoms with Crippen LogP contribution >= 0.6 is 15.9 Å². The first-order valence-corrected chi connectivity index (χ1v) is 5.02. The Labute approximate surface area is 97.6 Å².